The van der Waals surface area contributed by atoms with Crippen LogP contribution in [0.15, 0.2) is 116 Å². The lowest BCUT2D eigenvalue weighted by molar-refractivity contribution is -0.138. The van der Waals surface area contributed by atoms with Crippen LogP contribution in [0, 0.1) is 87.9 Å². The van der Waals surface area contributed by atoms with Crippen LogP contribution in [0.4, 0.5) is 74.2 Å². The number of benzene rings is 4. The summed E-state index contributed by atoms with van der Waals surface area (Å²) in [6.07, 6.45) is 20.6. The molecule has 3 atom stereocenters. The summed E-state index contributed by atoms with van der Waals surface area (Å²) in [6, 6.07) is 27.9. The van der Waals surface area contributed by atoms with Crippen molar-refractivity contribution < 1.29 is 28.7 Å². The number of piperidine rings is 5. The molecule has 40 heteroatoms. The summed E-state index contributed by atoms with van der Waals surface area (Å²) in [5.41, 5.74) is 21.3. The Labute approximate surface area is 888 Å². The van der Waals surface area contributed by atoms with Crippen LogP contribution < -0.4 is 31.9 Å². The van der Waals surface area contributed by atoms with Crippen molar-refractivity contribution in [3.8, 4) is 0 Å². The van der Waals surface area contributed by atoms with Gasteiger partial charge in [0, 0.05) is 142 Å². The standard InChI is InChI=1S/C28H37ClN8O.C28H36ClN7O2.C27H35ClN8O.C26H27ClFN7O/c1-17-14-24(31-28-30-16-23(29)26(33-28)32-25-15-19(3)34-35-25)18(2)13-22(17)20-7-11-37(12-8-20)27(38)21-5-9-36(4)10-6-21;1-16-10-22(19-5-7-36(8-6-19)28(38)24-13-21(37)15-35(24)4)17(2)9-20(16)12-25-30-14-23(29)27(31-25)32-26-11-18(3)33-34-26;1-16-13-22(30-27-29-15-21(28)25(32-27)31-24-14-18(3)33-34-24)17(2)12-20(16)19-7-10-36(11-8-19)26(37)23-6-5-9-35(23)4;1-15-10-18(12-23-30-14-20(27)25(31-23)32-24-11-16(2)33-34-24)21(28)13-19(15)17-5-8-35(9-6-17)26(36)22-4-3-7-29-22/h13-16,20-21H,5-12H2,1-4H3,(H3,30,31,32,33,34,35);9-11,14,19,21,24,37H,5-8,12-13,15H2,1-4H3,(H2,30,31,32,33,34);12-15,19,23H,5-11H2,1-4H3,(H3,29,30,31,32,33,34);3-4,7,10-11,13-14,17,29H,5-6,8-9,12H2,1-2H3,(H2,30,31,32,33,34)/t;21-,24-;23-;/m.10./s1. The molecule has 0 unspecified atom stereocenters. The van der Waals surface area contributed by atoms with Gasteiger partial charge in [-0.25, -0.2) is 34.3 Å². The first-order valence-electron chi connectivity index (χ1n) is 51.5. The van der Waals surface area contributed by atoms with Crippen LogP contribution in [-0.2, 0) is 27.2 Å². The maximum absolute atomic E-state index is 15.2. The quantitative estimate of drug-likeness (QED) is 0.0267. The molecule has 7 aliphatic rings. The van der Waals surface area contributed by atoms with Crippen LogP contribution in [0.2, 0.25) is 20.1 Å². The van der Waals surface area contributed by atoms with Crippen molar-refractivity contribution in [3.05, 3.63) is 254 Å². The molecule has 4 amide bonds. The van der Waals surface area contributed by atoms with Gasteiger partial charge >= 0.3 is 0 Å². The molecule has 0 spiro atoms. The molecule has 35 nitrogen and oxygen atoms in total. The number of aromatic amines is 5. The van der Waals surface area contributed by atoms with Crippen molar-refractivity contribution in [3.63, 3.8) is 0 Å². The first-order chi connectivity index (χ1) is 71.6. The fourth-order valence-electron chi connectivity index (χ4n) is 21.5. The molecule has 4 aromatic carbocycles. The van der Waals surface area contributed by atoms with E-state index in [0.717, 1.165) is 192 Å². The van der Waals surface area contributed by atoms with Crippen LogP contribution in [0.3, 0.4) is 0 Å². The van der Waals surface area contributed by atoms with Gasteiger partial charge in [0.2, 0.25) is 29.6 Å². The Hall–Kier alpha value is -13.1. The molecule has 0 aliphatic carbocycles. The Bertz CT molecular complexity index is 6890. The van der Waals surface area contributed by atoms with Crippen LogP contribution in [-0.4, -0.2) is 267 Å². The molecule has 12 N–H and O–H groups in total. The lowest BCUT2D eigenvalue weighted by Gasteiger charge is -2.37. The lowest BCUT2D eigenvalue weighted by Crippen LogP contribution is -2.47. The fourth-order valence-corrected chi connectivity index (χ4v) is 22.1. The predicted molar refractivity (Wildman–Crippen MR) is 583 cm³/mol. The van der Waals surface area contributed by atoms with Gasteiger partial charge < -0.3 is 66.5 Å². The van der Waals surface area contributed by atoms with Gasteiger partial charge in [0.1, 0.15) is 43.3 Å². The first kappa shape index (κ1) is 107. The molecule has 7 saturated heterocycles. The number of aromatic nitrogens is 17. The van der Waals surface area contributed by atoms with Crippen molar-refractivity contribution >= 4 is 140 Å². The second-order valence-corrected chi connectivity index (χ2v) is 42.7. The SMILES string of the molecule is Cc1cc(Nc2nc(Cc3cc(C)c(C4CCN(C(=O)[C@H]5C[C@@H](O)CN5C)CC4)cc3C)ncc2Cl)n[nH]1.Cc1cc(Nc2nc(Cc3cc(C)c(C4CCN(C(=O)c5ccc[nH]5)CC4)cc3F)ncc2Cl)n[nH]1.Cc1cc(Nc2nc(Nc3cc(C)c(C4CCN(C(=O)C5CCN(C)CC5)CC4)cc3C)ncc2Cl)n[nH]1.Cc1cc(Nc2nc(Nc3cc(C)c(C4CCN(C(=O)[C@@H]5CCCN5C)CC4)cc3C)ncc2Cl)n[nH]1. The molecule has 786 valence electrons. The van der Waals surface area contributed by atoms with Gasteiger partial charge in [-0.15, -0.1) is 0 Å². The number of nitrogens with one attached hydrogen (secondary N) is 11. The number of hydrogen-bond acceptors (Lipinski definition) is 26. The summed E-state index contributed by atoms with van der Waals surface area (Å²) in [6.45, 7) is 32.3. The van der Waals surface area contributed by atoms with Crippen LogP contribution in [0.1, 0.15) is 224 Å². The van der Waals surface area contributed by atoms with E-state index in [1.807, 2.05) is 92.8 Å². The Morgan fingerprint density at radius 2 is 0.772 bits per heavy atom. The number of anilines is 12. The van der Waals surface area contributed by atoms with E-state index in [9.17, 15) is 24.3 Å². The van der Waals surface area contributed by atoms with Gasteiger partial charge in [-0.3, -0.25) is 49.4 Å². The van der Waals surface area contributed by atoms with E-state index in [2.05, 4.69) is 229 Å². The Balaban J connectivity index is 0.000000135. The second-order valence-electron chi connectivity index (χ2n) is 41.1. The maximum Gasteiger partial charge on any atom is 0.270 e. The maximum atomic E-state index is 15.2. The van der Waals surface area contributed by atoms with E-state index in [4.69, 9.17) is 46.4 Å². The van der Waals surface area contributed by atoms with Gasteiger partial charge in [-0.2, -0.15) is 30.4 Å². The summed E-state index contributed by atoms with van der Waals surface area (Å²) in [5, 5.41) is 59.0. The average molecular weight is 2110 g/mol. The summed E-state index contributed by atoms with van der Waals surface area (Å²) < 4.78 is 15.2. The predicted octanol–water partition coefficient (Wildman–Crippen LogP) is 19.6. The number of nitrogens with zero attached hydrogens (tertiary/aromatic N) is 19. The van der Waals surface area contributed by atoms with E-state index in [1.165, 1.54) is 50.7 Å². The van der Waals surface area contributed by atoms with E-state index >= 15 is 4.39 Å². The molecular weight excluding hydrogens is 1970 g/mol. The van der Waals surface area contributed by atoms with E-state index in [0.29, 0.717) is 163 Å². The van der Waals surface area contributed by atoms with Crippen molar-refractivity contribution in [1.29, 1.82) is 0 Å². The van der Waals surface area contributed by atoms with Crippen molar-refractivity contribution in [1.82, 2.24) is 120 Å². The number of halogens is 5. The largest absolute Gasteiger partial charge is 0.392 e. The minimum atomic E-state index is -0.405. The topological polar surface area (TPSA) is 417 Å². The van der Waals surface area contributed by atoms with Crippen LogP contribution in [0.5, 0.6) is 0 Å². The van der Waals surface area contributed by atoms with Crippen LogP contribution >= 0.6 is 46.4 Å². The monoisotopic (exact) mass is 2100 g/mol. The number of carbonyl (C=O) groups is 4. The van der Waals surface area contributed by atoms with Crippen molar-refractivity contribution in [2.45, 2.75) is 214 Å². The highest BCUT2D eigenvalue weighted by molar-refractivity contribution is 6.34. The first-order valence-corrected chi connectivity index (χ1v) is 53.1. The highest BCUT2D eigenvalue weighted by Gasteiger charge is 2.40. The number of aliphatic hydroxyl groups is 1. The van der Waals surface area contributed by atoms with E-state index in [-0.39, 0.29) is 48.0 Å². The van der Waals surface area contributed by atoms with Crippen LogP contribution in [0.25, 0.3) is 0 Å². The molecule has 0 bridgehead atoms. The van der Waals surface area contributed by atoms with Crippen molar-refractivity contribution in [2.24, 2.45) is 5.92 Å². The third-order valence-corrected chi connectivity index (χ3v) is 31.0. The Kier molecular flexibility index (Phi) is 34.7. The van der Waals surface area contributed by atoms with Gasteiger partial charge in [-0.1, -0.05) is 76.7 Å². The zero-order valence-electron chi connectivity index (χ0n) is 87.1. The number of hydrogen-bond donors (Lipinski definition) is 12. The average Bonchev–Trinajstić information content (AvgIpc) is 1.80. The number of likely N-dealkylation sites (N-methyl/N-ethyl adjacent to an activating group) is 2. The third kappa shape index (κ3) is 26.9. The highest BCUT2D eigenvalue weighted by Crippen LogP contribution is 2.42. The third-order valence-electron chi connectivity index (χ3n) is 29.9. The number of likely N-dealkylation sites (tertiary alicyclic amines) is 7. The molecule has 0 radical (unpaired) electrons. The Morgan fingerprint density at radius 3 is 1.16 bits per heavy atom. The lowest BCUT2D eigenvalue weighted by atomic mass is 9.84. The van der Waals surface area contributed by atoms with Crippen molar-refractivity contribution in [2.75, 3.05) is 132 Å². The number of carbonyl (C=O) groups excluding carboxylic acids is 4. The van der Waals surface area contributed by atoms with Gasteiger partial charge in [-0.05, 0) is 327 Å². The molecular formula is C109H135Cl4FN30O5. The molecule has 7 aliphatic heterocycles. The smallest absolute Gasteiger partial charge is 0.270 e. The zero-order valence-corrected chi connectivity index (χ0v) is 90.2. The minimum Gasteiger partial charge on any atom is -0.392 e. The number of amides is 4. The molecule has 0 saturated carbocycles. The van der Waals surface area contributed by atoms with E-state index < -0.39 is 6.10 Å². The number of rotatable bonds is 24. The normalized spacial score (nSPS) is 17.9. The zero-order chi connectivity index (χ0) is 105. The summed E-state index contributed by atoms with van der Waals surface area (Å²) >= 11 is 25.2. The molecule has 149 heavy (non-hydrogen) atoms. The van der Waals surface area contributed by atoms with Gasteiger partial charge in [0.25, 0.3) is 5.91 Å². The Morgan fingerprint density at radius 1 is 0.396 bits per heavy atom. The summed E-state index contributed by atoms with van der Waals surface area (Å²) in [4.78, 5) is 105. The van der Waals surface area contributed by atoms with Gasteiger partial charge in [0.05, 0.1) is 43.0 Å². The fraction of sp³-hybridized carbons (Fsp3) is 0.450. The number of aryl methyl sites for hydroxylation is 11. The number of H-pyrrole nitrogens is 5. The molecule has 7 fully saturated rings. The molecule has 13 aromatic rings. The number of aliphatic hydroxyl groups excluding tert-OH is 1. The number of β-amino-alcohol motifs (C(OH)–C–C–N with tert-alkyl or cyclic N) is 1. The summed E-state index contributed by atoms with van der Waals surface area (Å²) in [5.74, 6) is 8.84. The molecule has 9 aromatic heterocycles. The molecule has 20 rings (SSSR count). The summed E-state index contributed by atoms with van der Waals surface area (Å²) in [7, 11) is 6.12. The second kappa shape index (κ2) is 48.3. The minimum absolute atomic E-state index is 0.0101. The highest BCUT2D eigenvalue weighted by atomic mass is 35.5. The van der Waals surface area contributed by atoms with Gasteiger partial charge in [0.15, 0.2) is 46.5 Å². The van der Waals surface area contributed by atoms with E-state index in [1.54, 1.807) is 36.9 Å². The molecule has 16 heterocycles.